The van der Waals surface area contributed by atoms with E-state index in [1.807, 2.05) is 18.2 Å². The number of nitrogen functional groups attached to an aromatic ring is 2. The quantitative estimate of drug-likeness (QED) is 0.887. The second kappa shape index (κ2) is 4.53. The van der Waals surface area contributed by atoms with Crippen LogP contribution in [-0.4, -0.2) is 4.98 Å². The van der Waals surface area contributed by atoms with Crippen LogP contribution in [0.1, 0.15) is 11.1 Å². The van der Waals surface area contributed by atoms with Crippen LogP contribution in [-0.2, 0) is 6.42 Å². The van der Waals surface area contributed by atoms with Crippen LogP contribution >= 0.6 is 15.9 Å². The highest BCUT2D eigenvalue weighted by atomic mass is 79.9. The molecule has 0 unspecified atom stereocenters. The third-order valence-electron chi connectivity index (χ3n) is 2.43. The summed E-state index contributed by atoms with van der Waals surface area (Å²) in [5, 5.41) is 0. The third-order valence-corrected chi connectivity index (χ3v) is 3.11. The van der Waals surface area contributed by atoms with Gasteiger partial charge in [0.25, 0.3) is 0 Å². The van der Waals surface area contributed by atoms with Gasteiger partial charge < -0.3 is 11.5 Å². The minimum absolute atomic E-state index is 0.383. The zero-order valence-electron chi connectivity index (χ0n) is 8.65. The maximum Gasteiger partial charge on any atom is 0.146 e. The minimum atomic E-state index is 0.383. The van der Waals surface area contributed by atoms with Crippen molar-refractivity contribution in [3.8, 4) is 0 Å². The summed E-state index contributed by atoms with van der Waals surface area (Å²) in [4.78, 5) is 3.99. The largest absolute Gasteiger partial charge is 0.395 e. The fourth-order valence-corrected chi connectivity index (χ4v) is 1.99. The Morgan fingerprint density at radius 1 is 1.12 bits per heavy atom. The Kier molecular flexibility index (Phi) is 3.10. The molecule has 0 spiro atoms. The van der Waals surface area contributed by atoms with Crippen molar-refractivity contribution in [3.05, 3.63) is 52.1 Å². The minimum Gasteiger partial charge on any atom is -0.395 e. The lowest BCUT2D eigenvalue weighted by Crippen LogP contribution is -2.03. The van der Waals surface area contributed by atoms with Crippen molar-refractivity contribution >= 4 is 27.4 Å². The molecule has 0 saturated heterocycles. The molecule has 0 aliphatic heterocycles. The Morgan fingerprint density at radius 3 is 2.50 bits per heavy atom. The Hall–Kier alpha value is -1.55. The first-order chi connectivity index (χ1) is 7.68. The number of anilines is 2. The molecular weight excluding hydrogens is 266 g/mol. The van der Waals surface area contributed by atoms with E-state index in [0.717, 1.165) is 16.5 Å². The smallest absolute Gasteiger partial charge is 0.146 e. The van der Waals surface area contributed by atoms with E-state index in [-0.39, 0.29) is 0 Å². The van der Waals surface area contributed by atoms with Crippen LogP contribution in [0.3, 0.4) is 0 Å². The second-order valence-electron chi connectivity index (χ2n) is 3.55. The zero-order chi connectivity index (χ0) is 11.5. The second-order valence-corrected chi connectivity index (χ2v) is 4.40. The zero-order valence-corrected chi connectivity index (χ0v) is 10.2. The summed E-state index contributed by atoms with van der Waals surface area (Å²) in [6.07, 6.45) is 2.43. The number of hydrogen-bond acceptors (Lipinski definition) is 3. The molecule has 0 saturated carbocycles. The first kappa shape index (κ1) is 11.0. The van der Waals surface area contributed by atoms with Gasteiger partial charge in [-0.3, -0.25) is 0 Å². The number of benzene rings is 1. The number of halogens is 1. The van der Waals surface area contributed by atoms with Crippen LogP contribution in [0.5, 0.6) is 0 Å². The van der Waals surface area contributed by atoms with Gasteiger partial charge in [-0.1, -0.05) is 30.3 Å². The van der Waals surface area contributed by atoms with Crippen LogP contribution in [0, 0.1) is 0 Å². The molecule has 3 nitrogen and oxygen atoms in total. The van der Waals surface area contributed by atoms with E-state index in [4.69, 9.17) is 11.5 Å². The van der Waals surface area contributed by atoms with E-state index < -0.39 is 0 Å². The molecule has 0 bridgehead atoms. The van der Waals surface area contributed by atoms with E-state index in [2.05, 4.69) is 33.0 Å². The van der Waals surface area contributed by atoms with E-state index in [0.29, 0.717) is 11.5 Å². The Morgan fingerprint density at radius 2 is 1.81 bits per heavy atom. The maximum absolute atomic E-state index is 5.91. The van der Waals surface area contributed by atoms with Gasteiger partial charge in [0.15, 0.2) is 0 Å². The molecule has 0 atom stereocenters. The van der Waals surface area contributed by atoms with Gasteiger partial charge in [-0.25, -0.2) is 4.98 Å². The molecule has 0 aliphatic carbocycles. The lowest BCUT2D eigenvalue weighted by molar-refractivity contribution is 1.15. The number of rotatable bonds is 2. The van der Waals surface area contributed by atoms with E-state index in [1.165, 1.54) is 5.56 Å². The summed E-state index contributed by atoms with van der Waals surface area (Å²) in [7, 11) is 0. The summed E-state index contributed by atoms with van der Waals surface area (Å²) in [6.45, 7) is 0. The Balaban J connectivity index is 2.38. The van der Waals surface area contributed by atoms with Crippen molar-refractivity contribution in [2.45, 2.75) is 6.42 Å². The van der Waals surface area contributed by atoms with Gasteiger partial charge in [-0.05, 0) is 27.1 Å². The fourth-order valence-electron chi connectivity index (χ4n) is 1.54. The molecule has 1 heterocycles. The van der Waals surface area contributed by atoms with Gasteiger partial charge in [0.05, 0.1) is 5.69 Å². The predicted octanol–water partition coefficient (Wildman–Crippen LogP) is 2.60. The molecule has 4 heteroatoms. The Bertz CT molecular complexity index is 497. The first-order valence-electron chi connectivity index (χ1n) is 4.90. The van der Waals surface area contributed by atoms with Gasteiger partial charge in [0.1, 0.15) is 5.82 Å². The average Bonchev–Trinajstić information content (AvgIpc) is 2.31. The third kappa shape index (κ3) is 2.17. The molecule has 0 aliphatic rings. The maximum atomic E-state index is 5.91. The number of nitrogens with zero attached hydrogens (tertiary/aromatic N) is 1. The number of hydrogen-bond donors (Lipinski definition) is 2. The first-order valence-corrected chi connectivity index (χ1v) is 5.70. The SMILES string of the molecule is Nc1ncc(Br)c(Cc2ccccc2)c1N. The summed E-state index contributed by atoms with van der Waals surface area (Å²) in [5.74, 6) is 0.383. The normalized spacial score (nSPS) is 10.3. The molecule has 0 amide bonds. The molecule has 1 aromatic carbocycles. The van der Waals surface area contributed by atoms with Crippen molar-refractivity contribution in [2.24, 2.45) is 0 Å². The highest BCUT2D eigenvalue weighted by molar-refractivity contribution is 9.10. The van der Waals surface area contributed by atoms with E-state index in [1.54, 1.807) is 6.20 Å². The van der Waals surface area contributed by atoms with Gasteiger partial charge in [0, 0.05) is 17.1 Å². The van der Waals surface area contributed by atoms with Crippen LogP contribution in [0.2, 0.25) is 0 Å². The molecule has 16 heavy (non-hydrogen) atoms. The van der Waals surface area contributed by atoms with Gasteiger partial charge in [-0.15, -0.1) is 0 Å². The van der Waals surface area contributed by atoms with E-state index in [9.17, 15) is 0 Å². The van der Waals surface area contributed by atoms with E-state index >= 15 is 0 Å². The monoisotopic (exact) mass is 277 g/mol. The molecule has 4 N–H and O–H groups in total. The summed E-state index contributed by atoms with van der Waals surface area (Å²) < 4.78 is 0.892. The Labute approximate surface area is 103 Å². The number of nitrogens with two attached hydrogens (primary N) is 2. The molecule has 2 aromatic rings. The number of pyridine rings is 1. The number of aromatic nitrogens is 1. The van der Waals surface area contributed by atoms with Crippen molar-refractivity contribution < 1.29 is 0 Å². The standard InChI is InChI=1S/C12H12BrN3/c13-10-7-16-12(15)11(14)9(10)6-8-4-2-1-3-5-8/h1-5,7H,6,14H2,(H2,15,16). The van der Waals surface area contributed by atoms with Gasteiger partial charge in [-0.2, -0.15) is 0 Å². The summed E-state index contributed by atoms with van der Waals surface area (Å²) in [6, 6.07) is 10.1. The van der Waals surface area contributed by atoms with Crippen molar-refractivity contribution in [1.82, 2.24) is 4.98 Å². The highest BCUT2D eigenvalue weighted by Crippen LogP contribution is 2.27. The molecule has 1 aromatic heterocycles. The molecule has 2 rings (SSSR count). The van der Waals surface area contributed by atoms with Crippen LogP contribution in [0.25, 0.3) is 0 Å². The van der Waals surface area contributed by atoms with Gasteiger partial charge >= 0.3 is 0 Å². The highest BCUT2D eigenvalue weighted by Gasteiger charge is 2.09. The van der Waals surface area contributed by atoms with Crippen LogP contribution in [0.4, 0.5) is 11.5 Å². The van der Waals surface area contributed by atoms with Crippen molar-refractivity contribution in [3.63, 3.8) is 0 Å². The summed E-state index contributed by atoms with van der Waals surface area (Å²) >= 11 is 3.44. The van der Waals surface area contributed by atoms with Crippen LogP contribution < -0.4 is 11.5 Å². The molecular formula is C12H12BrN3. The van der Waals surface area contributed by atoms with Crippen LogP contribution in [0.15, 0.2) is 41.0 Å². The average molecular weight is 278 g/mol. The van der Waals surface area contributed by atoms with Gasteiger partial charge in [0.2, 0.25) is 0 Å². The molecule has 82 valence electrons. The predicted molar refractivity (Wildman–Crippen MR) is 70.0 cm³/mol. The lowest BCUT2D eigenvalue weighted by atomic mass is 10.0. The summed E-state index contributed by atoms with van der Waals surface area (Å²) in [5.41, 5.74) is 14.3. The fraction of sp³-hybridized carbons (Fsp3) is 0.0833. The lowest BCUT2D eigenvalue weighted by Gasteiger charge is -2.09. The van der Waals surface area contributed by atoms with Crippen molar-refractivity contribution in [1.29, 1.82) is 0 Å². The topological polar surface area (TPSA) is 64.9 Å². The molecule has 0 fully saturated rings. The van der Waals surface area contributed by atoms with Crippen molar-refractivity contribution in [2.75, 3.05) is 11.5 Å². The molecule has 0 radical (unpaired) electrons.